The van der Waals surface area contributed by atoms with Gasteiger partial charge in [-0.1, -0.05) is 20.3 Å². The van der Waals surface area contributed by atoms with Crippen molar-refractivity contribution in [3.63, 3.8) is 0 Å². The highest BCUT2D eigenvalue weighted by Gasteiger charge is 2.38. The Labute approximate surface area is 186 Å². The molecule has 4 heterocycles. The van der Waals surface area contributed by atoms with Crippen LogP contribution in [0.1, 0.15) is 55.1 Å². The predicted molar refractivity (Wildman–Crippen MR) is 118 cm³/mol. The molecule has 3 aromatic rings. The zero-order valence-electron chi connectivity index (χ0n) is 18.8. The summed E-state index contributed by atoms with van der Waals surface area (Å²) in [5.41, 5.74) is 2.46. The van der Waals surface area contributed by atoms with Gasteiger partial charge in [0, 0.05) is 36.7 Å². The van der Waals surface area contributed by atoms with Crippen molar-refractivity contribution in [2.45, 2.75) is 53.2 Å². The lowest BCUT2D eigenvalue weighted by Crippen LogP contribution is -2.45. The molecule has 4 rings (SSSR count). The smallest absolute Gasteiger partial charge is 0.290 e. The number of carbonyl (C=O) groups excluding carboxylic acids is 1. The van der Waals surface area contributed by atoms with Gasteiger partial charge in [-0.3, -0.25) is 19.3 Å². The van der Waals surface area contributed by atoms with Gasteiger partial charge in [0.2, 0.25) is 0 Å². The van der Waals surface area contributed by atoms with Crippen LogP contribution in [-0.2, 0) is 17.9 Å². The van der Waals surface area contributed by atoms with Crippen LogP contribution in [0.2, 0.25) is 0 Å². The monoisotopic (exact) mass is 439 g/mol. The fourth-order valence-corrected chi connectivity index (χ4v) is 3.98. The van der Waals surface area contributed by atoms with Gasteiger partial charge in [-0.2, -0.15) is 10.2 Å². The Kier molecular flexibility index (Phi) is 7.34. The van der Waals surface area contributed by atoms with E-state index in [0.29, 0.717) is 24.5 Å². The van der Waals surface area contributed by atoms with Crippen molar-refractivity contribution in [2.24, 2.45) is 5.92 Å². The fourth-order valence-electron chi connectivity index (χ4n) is 3.98. The van der Waals surface area contributed by atoms with E-state index in [9.17, 15) is 4.79 Å². The van der Waals surface area contributed by atoms with Gasteiger partial charge in [-0.05, 0) is 31.9 Å². The maximum Gasteiger partial charge on any atom is 0.290 e. The van der Waals surface area contributed by atoms with E-state index in [1.807, 2.05) is 40.2 Å². The number of aromatic nitrogens is 6. The number of carboxylic acid groups (broad SMARTS) is 1. The van der Waals surface area contributed by atoms with Crippen LogP contribution in [0, 0.1) is 12.8 Å². The second-order valence-corrected chi connectivity index (χ2v) is 7.65. The summed E-state index contributed by atoms with van der Waals surface area (Å²) in [4.78, 5) is 32.8. The molecule has 32 heavy (non-hydrogen) atoms. The first kappa shape index (κ1) is 23.1. The quantitative estimate of drug-likeness (QED) is 0.607. The van der Waals surface area contributed by atoms with Gasteiger partial charge in [0.05, 0.1) is 24.3 Å². The number of carbonyl (C=O) groups is 2. The van der Waals surface area contributed by atoms with Crippen molar-refractivity contribution in [2.75, 3.05) is 6.54 Å². The average molecular weight is 440 g/mol. The normalized spacial score (nSPS) is 16.0. The van der Waals surface area contributed by atoms with E-state index < -0.39 is 0 Å². The van der Waals surface area contributed by atoms with E-state index in [0.717, 1.165) is 30.0 Å². The number of hydrogen-bond acceptors (Lipinski definition) is 6. The highest BCUT2D eigenvalue weighted by molar-refractivity contribution is 5.95. The molecule has 10 heteroatoms. The molecule has 1 N–H and O–H groups in total. The molecule has 0 saturated carbocycles. The van der Waals surface area contributed by atoms with E-state index >= 15 is 0 Å². The van der Waals surface area contributed by atoms with Crippen molar-refractivity contribution in [1.29, 1.82) is 0 Å². The first-order chi connectivity index (χ1) is 15.5. The summed E-state index contributed by atoms with van der Waals surface area (Å²) >= 11 is 0. The SMILES string of the molecule is CC[C@H](C)[C@H]1c2nc(-c3cccnc3)nn2CCN1C(=O)c1cnn(CC)c1C.O=CO. The summed E-state index contributed by atoms with van der Waals surface area (Å²) in [6.07, 6.45) is 6.14. The summed E-state index contributed by atoms with van der Waals surface area (Å²) in [7, 11) is 0. The third-order valence-electron chi connectivity index (χ3n) is 5.85. The van der Waals surface area contributed by atoms with E-state index in [4.69, 9.17) is 20.0 Å². The lowest BCUT2D eigenvalue weighted by molar-refractivity contribution is -0.122. The lowest BCUT2D eigenvalue weighted by atomic mass is 9.94. The van der Waals surface area contributed by atoms with Gasteiger partial charge >= 0.3 is 0 Å². The van der Waals surface area contributed by atoms with Gasteiger partial charge in [0.25, 0.3) is 12.4 Å². The molecule has 0 bridgehead atoms. The minimum absolute atomic E-state index is 0.0182. The minimum atomic E-state index is -0.250. The summed E-state index contributed by atoms with van der Waals surface area (Å²) in [6.45, 7) is 10.0. The van der Waals surface area contributed by atoms with Gasteiger partial charge in [-0.15, -0.1) is 0 Å². The van der Waals surface area contributed by atoms with Crippen LogP contribution in [0.5, 0.6) is 0 Å². The topological polar surface area (TPSA) is 119 Å². The van der Waals surface area contributed by atoms with Crippen LogP contribution >= 0.6 is 0 Å². The van der Waals surface area contributed by atoms with Crippen molar-refractivity contribution in [3.05, 3.63) is 47.8 Å². The molecule has 1 amide bonds. The minimum Gasteiger partial charge on any atom is -0.483 e. The van der Waals surface area contributed by atoms with Crippen LogP contribution in [0.15, 0.2) is 30.7 Å². The Balaban J connectivity index is 0.000000913. The van der Waals surface area contributed by atoms with E-state index in [1.54, 1.807) is 18.6 Å². The summed E-state index contributed by atoms with van der Waals surface area (Å²) in [5.74, 6) is 1.78. The van der Waals surface area contributed by atoms with Crippen LogP contribution in [0.4, 0.5) is 0 Å². The Hall–Kier alpha value is -3.56. The largest absolute Gasteiger partial charge is 0.483 e. The number of amides is 1. The van der Waals surface area contributed by atoms with Crippen LogP contribution in [0.25, 0.3) is 11.4 Å². The maximum absolute atomic E-state index is 13.5. The van der Waals surface area contributed by atoms with E-state index in [-0.39, 0.29) is 24.3 Å². The lowest BCUT2D eigenvalue weighted by Gasteiger charge is -2.38. The molecule has 0 aromatic carbocycles. The number of rotatable bonds is 5. The van der Waals surface area contributed by atoms with Crippen LogP contribution < -0.4 is 0 Å². The molecule has 0 saturated heterocycles. The zero-order valence-corrected chi connectivity index (χ0v) is 18.8. The fraction of sp³-hybridized carbons (Fsp3) is 0.455. The number of hydrogen-bond donors (Lipinski definition) is 1. The van der Waals surface area contributed by atoms with Crippen LogP contribution in [-0.4, -0.2) is 58.5 Å². The molecule has 3 aromatic heterocycles. The van der Waals surface area contributed by atoms with Crippen molar-refractivity contribution in [3.8, 4) is 11.4 Å². The molecule has 0 aliphatic carbocycles. The number of aryl methyl sites for hydroxylation is 1. The van der Waals surface area contributed by atoms with Gasteiger partial charge in [0.15, 0.2) is 11.6 Å². The van der Waals surface area contributed by atoms with Gasteiger partial charge < -0.3 is 10.0 Å². The first-order valence-corrected chi connectivity index (χ1v) is 10.7. The average Bonchev–Trinajstić information content (AvgIpc) is 3.41. The molecule has 0 unspecified atom stereocenters. The standard InChI is InChI=1S/C21H27N7O.CH2O2/c1-5-14(3)18-20-24-19(16-8-7-9-22-12-16)25-28(20)11-10-26(18)21(29)17-13-23-27(6-2)15(17)4;2-1-3/h7-9,12-14,18H,5-6,10-11H2,1-4H3;1H,(H,2,3)/t14-,18-;/m0./s1. The molecule has 10 nitrogen and oxygen atoms in total. The number of fused-ring (bicyclic) bond motifs is 1. The molecular weight excluding hydrogens is 410 g/mol. The molecule has 1 aliphatic heterocycles. The summed E-state index contributed by atoms with van der Waals surface area (Å²) < 4.78 is 3.81. The molecule has 0 fully saturated rings. The molecule has 0 radical (unpaired) electrons. The summed E-state index contributed by atoms with van der Waals surface area (Å²) in [5, 5.41) is 15.9. The Morgan fingerprint density at radius 3 is 2.66 bits per heavy atom. The molecular formula is C22H29N7O3. The maximum atomic E-state index is 13.5. The number of pyridine rings is 1. The Morgan fingerprint density at radius 2 is 2.06 bits per heavy atom. The molecule has 0 spiro atoms. The zero-order chi connectivity index (χ0) is 23.3. The van der Waals surface area contributed by atoms with Gasteiger partial charge in [-0.25, -0.2) is 9.67 Å². The first-order valence-electron chi connectivity index (χ1n) is 10.7. The molecule has 1 aliphatic rings. The molecule has 2 atom stereocenters. The third kappa shape index (κ3) is 4.39. The highest BCUT2D eigenvalue weighted by Crippen LogP contribution is 2.35. The van der Waals surface area contributed by atoms with Crippen molar-refractivity contribution in [1.82, 2.24) is 34.4 Å². The van der Waals surface area contributed by atoms with Crippen LogP contribution in [0.3, 0.4) is 0 Å². The summed E-state index contributed by atoms with van der Waals surface area (Å²) in [6, 6.07) is 3.72. The van der Waals surface area contributed by atoms with Crippen molar-refractivity contribution >= 4 is 12.4 Å². The highest BCUT2D eigenvalue weighted by atomic mass is 16.3. The molecule has 170 valence electrons. The number of nitrogens with zero attached hydrogens (tertiary/aromatic N) is 7. The Bertz CT molecular complexity index is 1060. The second kappa shape index (κ2) is 10.2. The van der Waals surface area contributed by atoms with E-state index in [2.05, 4.69) is 23.9 Å². The van der Waals surface area contributed by atoms with Crippen molar-refractivity contribution < 1.29 is 14.7 Å². The van der Waals surface area contributed by atoms with E-state index in [1.165, 1.54) is 0 Å². The third-order valence-corrected chi connectivity index (χ3v) is 5.85. The second-order valence-electron chi connectivity index (χ2n) is 7.65. The van der Waals surface area contributed by atoms with Gasteiger partial charge in [0.1, 0.15) is 0 Å². The Morgan fingerprint density at radius 1 is 1.31 bits per heavy atom. The predicted octanol–water partition coefficient (Wildman–Crippen LogP) is 2.81.